The average Bonchev–Trinajstić information content (AvgIpc) is 2.84. The summed E-state index contributed by atoms with van der Waals surface area (Å²) in [6.45, 7) is 1.70. The van der Waals surface area contributed by atoms with Crippen LogP contribution in [0, 0.1) is 12.7 Å². The highest BCUT2D eigenvalue weighted by atomic mass is 79.9. The van der Waals surface area contributed by atoms with Crippen LogP contribution in [-0.2, 0) is 0 Å². The molecule has 0 unspecified atom stereocenters. The minimum Gasteiger partial charge on any atom is -0.505 e. The van der Waals surface area contributed by atoms with E-state index in [-0.39, 0.29) is 21.6 Å². The minimum absolute atomic E-state index is 0.0115. The lowest BCUT2D eigenvalue weighted by atomic mass is 10.0. The Hall–Kier alpha value is -3.62. The molecule has 1 N–H and O–H groups in total. The molecular formula is C27H17BrFNO4S. The maximum absolute atomic E-state index is 14.2. The molecule has 0 aliphatic carbocycles. The minimum atomic E-state index is -0.759. The summed E-state index contributed by atoms with van der Waals surface area (Å²) in [4.78, 5) is 27.4. The van der Waals surface area contributed by atoms with Crippen molar-refractivity contribution in [2.75, 3.05) is 0 Å². The van der Waals surface area contributed by atoms with Crippen molar-refractivity contribution >= 4 is 38.7 Å². The quantitative estimate of drug-likeness (QED) is 0.270. The lowest BCUT2D eigenvalue weighted by Crippen LogP contribution is -2.23. The summed E-state index contributed by atoms with van der Waals surface area (Å²) in [7, 11) is 0. The highest BCUT2D eigenvalue weighted by molar-refractivity contribution is 9.10. The largest absolute Gasteiger partial charge is 0.505 e. The topological polar surface area (TPSA) is 72.4 Å². The molecule has 0 saturated carbocycles. The zero-order chi connectivity index (χ0) is 24.7. The second-order valence-corrected chi connectivity index (χ2v) is 9.79. The number of benzene rings is 3. The molecule has 5 aromatic rings. The summed E-state index contributed by atoms with van der Waals surface area (Å²) in [6.07, 6.45) is 0. The second-order valence-electron chi connectivity index (χ2n) is 7.79. The fraction of sp³-hybridized carbons (Fsp3) is 0.0370. The fourth-order valence-electron chi connectivity index (χ4n) is 4.00. The SMILES string of the molecule is Cc1c(-c2ccccc2)n(-c2cccc(F)c2)c(=O)c2c(O)c(Sc3cccc(Br)c3)c(=O)oc12. The molecular weight excluding hydrogens is 533 g/mol. The average molecular weight is 550 g/mol. The van der Waals surface area contributed by atoms with Crippen LogP contribution in [0.25, 0.3) is 27.9 Å². The Labute approximate surface area is 211 Å². The monoisotopic (exact) mass is 549 g/mol. The van der Waals surface area contributed by atoms with Gasteiger partial charge < -0.3 is 9.52 Å². The molecule has 5 rings (SSSR count). The van der Waals surface area contributed by atoms with Crippen molar-refractivity contribution in [1.29, 1.82) is 0 Å². The van der Waals surface area contributed by atoms with Crippen molar-refractivity contribution in [3.63, 3.8) is 0 Å². The van der Waals surface area contributed by atoms with Gasteiger partial charge in [-0.2, -0.15) is 0 Å². The van der Waals surface area contributed by atoms with E-state index < -0.39 is 22.8 Å². The molecule has 0 atom stereocenters. The first-order chi connectivity index (χ1) is 16.8. The Kier molecular flexibility index (Phi) is 6.08. The third-order valence-corrected chi connectivity index (χ3v) is 7.07. The van der Waals surface area contributed by atoms with E-state index in [1.54, 1.807) is 43.3 Å². The fourth-order valence-corrected chi connectivity index (χ4v) is 5.44. The normalized spacial score (nSPS) is 11.2. The van der Waals surface area contributed by atoms with Gasteiger partial charge in [-0.3, -0.25) is 9.36 Å². The van der Waals surface area contributed by atoms with Crippen molar-refractivity contribution in [3.05, 3.63) is 115 Å². The van der Waals surface area contributed by atoms with Gasteiger partial charge in [-0.1, -0.05) is 70.2 Å². The van der Waals surface area contributed by atoms with Crippen LogP contribution in [0.5, 0.6) is 5.75 Å². The summed E-state index contributed by atoms with van der Waals surface area (Å²) in [5.41, 5.74) is 0.443. The summed E-state index contributed by atoms with van der Waals surface area (Å²) >= 11 is 4.38. The molecule has 0 spiro atoms. The molecule has 174 valence electrons. The zero-order valence-corrected chi connectivity index (χ0v) is 20.7. The summed E-state index contributed by atoms with van der Waals surface area (Å²) in [6, 6.07) is 21.9. The van der Waals surface area contributed by atoms with Crippen LogP contribution in [0.4, 0.5) is 4.39 Å². The Bertz CT molecular complexity index is 1710. The number of aryl methyl sites for hydroxylation is 1. The van der Waals surface area contributed by atoms with Gasteiger partial charge in [0.15, 0.2) is 11.3 Å². The molecule has 0 radical (unpaired) electrons. The molecule has 0 aliphatic heterocycles. The van der Waals surface area contributed by atoms with Crippen molar-refractivity contribution in [3.8, 4) is 22.7 Å². The van der Waals surface area contributed by atoms with Gasteiger partial charge in [0.05, 0.1) is 11.4 Å². The molecule has 2 aromatic heterocycles. The van der Waals surface area contributed by atoms with Gasteiger partial charge >= 0.3 is 5.63 Å². The maximum Gasteiger partial charge on any atom is 0.354 e. The van der Waals surface area contributed by atoms with Crippen molar-refractivity contribution in [2.24, 2.45) is 0 Å². The number of halogens is 2. The van der Waals surface area contributed by atoms with Crippen LogP contribution >= 0.6 is 27.7 Å². The predicted molar refractivity (Wildman–Crippen MR) is 138 cm³/mol. The molecule has 0 aliphatic rings. The van der Waals surface area contributed by atoms with E-state index in [4.69, 9.17) is 4.42 Å². The van der Waals surface area contributed by atoms with E-state index in [0.29, 0.717) is 21.7 Å². The number of hydrogen-bond acceptors (Lipinski definition) is 5. The molecule has 0 amide bonds. The summed E-state index contributed by atoms with van der Waals surface area (Å²) in [5, 5.41) is 11.0. The number of hydrogen-bond donors (Lipinski definition) is 1. The first kappa shape index (κ1) is 23.1. The van der Waals surface area contributed by atoms with E-state index in [1.807, 2.05) is 24.3 Å². The van der Waals surface area contributed by atoms with Crippen LogP contribution in [0.2, 0.25) is 0 Å². The van der Waals surface area contributed by atoms with Crippen LogP contribution in [0.15, 0.2) is 107 Å². The number of fused-ring (bicyclic) bond motifs is 1. The Morgan fingerprint density at radius 1 is 0.971 bits per heavy atom. The molecule has 5 nitrogen and oxygen atoms in total. The third-order valence-electron chi connectivity index (χ3n) is 5.53. The number of pyridine rings is 1. The number of nitrogens with zero attached hydrogens (tertiary/aromatic N) is 1. The highest BCUT2D eigenvalue weighted by Gasteiger charge is 2.25. The van der Waals surface area contributed by atoms with Gasteiger partial charge in [-0.15, -0.1) is 0 Å². The highest BCUT2D eigenvalue weighted by Crippen LogP contribution is 2.39. The van der Waals surface area contributed by atoms with Crippen LogP contribution < -0.4 is 11.2 Å². The smallest absolute Gasteiger partial charge is 0.354 e. The van der Waals surface area contributed by atoms with Gasteiger partial charge in [0.2, 0.25) is 0 Å². The van der Waals surface area contributed by atoms with Crippen molar-refractivity contribution in [2.45, 2.75) is 16.7 Å². The summed E-state index contributed by atoms with van der Waals surface area (Å²) in [5.74, 6) is -0.986. The molecule has 0 bridgehead atoms. The second kappa shape index (κ2) is 9.20. The lowest BCUT2D eigenvalue weighted by Gasteiger charge is -2.18. The van der Waals surface area contributed by atoms with Crippen LogP contribution in [-0.4, -0.2) is 9.67 Å². The number of rotatable bonds is 4. The van der Waals surface area contributed by atoms with Gasteiger partial charge in [-0.05, 0) is 48.9 Å². The molecule has 2 heterocycles. The van der Waals surface area contributed by atoms with E-state index in [1.165, 1.54) is 22.8 Å². The molecule has 0 fully saturated rings. The Balaban J connectivity index is 1.87. The van der Waals surface area contributed by atoms with E-state index in [0.717, 1.165) is 16.2 Å². The molecule has 3 aromatic carbocycles. The van der Waals surface area contributed by atoms with E-state index in [9.17, 15) is 19.1 Å². The molecule has 0 saturated heterocycles. The van der Waals surface area contributed by atoms with Gasteiger partial charge in [-0.25, -0.2) is 9.18 Å². The first-order valence-corrected chi connectivity index (χ1v) is 12.2. The van der Waals surface area contributed by atoms with E-state index in [2.05, 4.69) is 15.9 Å². The van der Waals surface area contributed by atoms with Crippen LogP contribution in [0.3, 0.4) is 0 Å². The summed E-state index contributed by atoms with van der Waals surface area (Å²) < 4.78 is 21.9. The van der Waals surface area contributed by atoms with Crippen molar-refractivity contribution < 1.29 is 13.9 Å². The Morgan fingerprint density at radius 2 is 1.71 bits per heavy atom. The van der Waals surface area contributed by atoms with Gasteiger partial charge in [0, 0.05) is 14.9 Å². The zero-order valence-electron chi connectivity index (χ0n) is 18.3. The third kappa shape index (κ3) is 4.19. The number of aromatic hydroxyl groups is 1. The van der Waals surface area contributed by atoms with Crippen molar-refractivity contribution in [1.82, 2.24) is 4.57 Å². The van der Waals surface area contributed by atoms with Crippen LogP contribution in [0.1, 0.15) is 5.56 Å². The Morgan fingerprint density at radius 3 is 2.43 bits per heavy atom. The molecule has 8 heteroatoms. The predicted octanol–water partition coefficient (Wildman–Crippen LogP) is 6.68. The lowest BCUT2D eigenvalue weighted by molar-refractivity contribution is 0.445. The maximum atomic E-state index is 14.2. The number of aromatic nitrogens is 1. The van der Waals surface area contributed by atoms with Gasteiger partial charge in [0.1, 0.15) is 16.1 Å². The molecule has 35 heavy (non-hydrogen) atoms. The van der Waals surface area contributed by atoms with Gasteiger partial charge in [0.25, 0.3) is 5.56 Å². The standard InChI is InChI=1S/C27H17BrFNO4S/c1-15-22(16-7-3-2-4-8-16)30(19-11-6-10-18(29)14-19)26(32)21-23(31)25(27(33)34-24(15)21)35-20-12-5-9-17(28)13-20/h2-14,31H,1H3. The first-order valence-electron chi connectivity index (χ1n) is 10.6. The van der Waals surface area contributed by atoms with E-state index >= 15 is 0 Å².